The highest BCUT2D eigenvalue weighted by Gasteiger charge is 2.43. The molecule has 2 N–H and O–H groups in total. The molecule has 9 nitrogen and oxygen atoms in total. The molecule has 0 atom stereocenters. The topological polar surface area (TPSA) is 96.7 Å². The molecular weight excluding hydrogens is 409 g/mol. The zero-order chi connectivity index (χ0) is 23.1. The van der Waals surface area contributed by atoms with E-state index in [2.05, 4.69) is 75.8 Å². The molecule has 0 spiro atoms. The number of hydrogen-bond acceptors (Lipinski definition) is 8. The third kappa shape index (κ3) is 4.40. The molecule has 32 heavy (non-hydrogen) atoms. The smallest absolute Gasteiger partial charge is 0.229 e. The van der Waals surface area contributed by atoms with Crippen LogP contribution >= 0.6 is 0 Å². The maximum atomic E-state index is 14.6. The van der Waals surface area contributed by atoms with E-state index in [4.69, 9.17) is 0 Å². The maximum Gasteiger partial charge on any atom is 0.229 e. The van der Waals surface area contributed by atoms with E-state index in [0.717, 1.165) is 29.8 Å². The van der Waals surface area contributed by atoms with Crippen molar-refractivity contribution in [2.75, 3.05) is 17.7 Å². The van der Waals surface area contributed by atoms with Crippen molar-refractivity contribution in [3.8, 4) is 5.69 Å². The lowest BCUT2D eigenvalue weighted by atomic mass is 9.77. The first kappa shape index (κ1) is 22.1. The van der Waals surface area contributed by atoms with Gasteiger partial charge in [-0.1, -0.05) is 0 Å². The normalized spacial score (nSPS) is 18.5. The van der Waals surface area contributed by atoms with Crippen LogP contribution in [0.15, 0.2) is 30.7 Å². The van der Waals surface area contributed by atoms with Crippen molar-refractivity contribution < 1.29 is 4.39 Å². The van der Waals surface area contributed by atoms with Crippen LogP contribution in [0.2, 0.25) is 0 Å². The van der Waals surface area contributed by atoms with Crippen molar-refractivity contribution in [3.05, 3.63) is 42.1 Å². The fourth-order valence-corrected chi connectivity index (χ4v) is 4.59. The number of anilines is 3. The molecule has 2 aromatic heterocycles. The molecule has 1 saturated heterocycles. The standard InChI is InChI=1S/C22H30FN9/c1-14-9-15(7-8-18(14)32-13-25-29-30-32)27-20-24-12-17(23)19(28-20)26-16-10-21(2,3)31(6)22(4,5)11-16/h7-9,12-13,16H,10-11H2,1-6H3,(H2,24,26,27,28). The number of piperidine rings is 1. The number of benzene rings is 1. The summed E-state index contributed by atoms with van der Waals surface area (Å²) in [6.45, 7) is 10.8. The van der Waals surface area contributed by atoms with E-state index < -0.39 is 5.82 Å². The molecule has 1 aliphatic rings. The van der Waals surface area contributed by atoms with Crippen molar-refractivity contribution in [3.63, 3.8) is 0 Å². The highest BCUT2D eigenvalue weighted by molar-refractivity contribution is 5.59. The molecule has 0 unspecified atom stereocenters. The molecule has 3 heterocycles. The summed E-state index contributed by atoms with van der Waals surface area (Å²) >= 11 is 0. The van der Waals surface area contributed by atoms with E-state index in [1.54, 1.807) is 11.0 Å². The van der Waals surface area contributed by atoms with Gasteiger partial charge in [-0.3, -0.25) is 4.90 Å². The van der Waals surface area contributed by atoms with E-state index >= 15 is 0 Å². The van der Waals surface area contributed by atoms with E-state index in [1.165, 1.54) is 6.20 Å². The van der Waals surface area contributed by atoms with Gasteiger partial charge in [-0.05, 0) is 88.7 Å². The monoisotopic (exact) mass is 439 g/mol. The molecule has 0 bridgehead atoms. The molecule has 0 aliphatic carbocycles. The zero-order valence-electron chi connectivity index (χ0n) is 19.4. The SMILES string of the molecule is Cc1cc(Nc2ncc(F)c(NC3CC(C)(C)N(C)C(C)(C)C3)n2)ccc1-n1cnnn1. The summed E-state index contributed by atoms with van der Waals surface area (Å²) < 4.78 is 16.1. The van der Waals surface area contributed by atoms with Crippen molar-refractivity contribution in [1.82, 2.24) is 35.1 Å². The summed E-state index contributed by atoms with van der Waals surface area (Å²) in [6.07, 6.45) is 4.52. The van der Waals surface area contributed by atoms with Gasteiger partial charge in [0.15, 0.2) is 11.6 Å². The van der Waals surface area contributed by atoms with Crippen LogP contribution in [0.3, 0.4) is 0 Å². The lowest BCUT2D eigenvalue weighted by Gasteiger charge is -2.53. The number of hydrogen-bond donors (Lipinski definition) is 2. The van der Waals surface area contributed by atoms with Crippen molar-refractivity contribution >= 4 is 17.5 Å². The largest absolute Gasteiger partial charge is 0.365 e. The van der Waals surface area contributed by atoms with E-state index in [9.17, 15) is 4.39 Å². The Hall–Kier alpha value is -3.14. The number of likely N-dealkylation sites (tertiary alicyclic amines) is 1. The van der Waals surface area contributed by atoms with Crippen LogP contribution in [-0.2, 0) is 0 Å². The van der Waals surface area contributed by atoms with E-state index in [1.807, 2.05) is 25.1 Å². The molecule has 4 rings (SSSR count). The fraction of sp³-hybridized carbons (Fsp3) is 0.500. The first-order valence-corrected chi connectivity index (χ1v) is 10.7. The molecule has 0 saturated carbocycles. The molecular formula is C22H30FN9. The number of halogens is 1. The Kier molecular flexibility index (Phi) is 5.58. The minimum atomic E-state index is -0.463. The van der Waals surface area contributed by atoms with Gasteiger partial charge in [0.1, 0.15) is 6.33 Å². The fourth-order valence-electron chi connectivity index (χ4n) is 4.59. The summed E-state index contributed by atoms with van der Waals surface area (Å²) in [7, 11) is 2.15. The first-order valence-electron chi connectivity index (χ1n) is 10.7. The van der Waals surface area contributed by atoms with Crippen LogP contribution in [0.4, 0.5) is 21.8 Å². The molecule has 3 aromatic rings. The number of nitrogens with zero attached hydrogens (tertiary/aromatic N) is 7. The van der Waals surface area contributed by atoms with Gasteiger partial charge in [0.05, 0.1) is 11.9 Å². The van der Waals surface area contributed by atoms with Gasteiger partial charge in [0.2, 0.25) is 5.95 Å². The third-order valence-electron chi connectivity index (χ3n) is 6.44. The average molecular weight is 440 g/mol. The van der Waals surface area contributed by atoms with E-state index in [-0.39, 0.29) is 22.9 Å². The van der Waals surface area contributed by atoms with Crippen LogP contribution in [0, 0.1) is 12.7 Å². The van der Waals surface area contributed by atoms with Crippen LogP contribution in [-0.4, -0.2) is 59.2 Å². The second kappa shape index (κ2) is 8.09. The zero-order valence-corrected chi connectivity index (χ0v) is 19.4. The van der Waals surface area contributed by atoms with Gasteiger partial charge >= 0.3 is 0 Å². The van der Waals surface area contributed by atoms with Gasteiger partial charge in [0, 0.05) is 22.8 Å². The molecule has 0 amide bonds. The lowest BCUT2D eigenvalue weighted by molar-refractivity contribution is -0.00778. The summed E-state index contributed by atoms with van der Waals surface area (Å²) in [6, 6.07) is 5.83. The highest BCUT2D eigenvalue weighted by Crippen LogP contribution is 2.38. The Morgan fingerprint density at radius 1 is 1.12 bits per heavy atom. The molecule has 0 radical (unpaired) electrons. The number of rotatable bonds is 5. The summed E-state index contributed by atoms with van der Waals surface area (Å²) in [5.74, 6) is 0.0795. The lowest BCUT2D eigenvalue weighted by Crippen LogP contribution is -2.61. The summed E-state index contributed by atoms with van der Waals surface area (Å²) in [5.41, 5.74) is 2.61. The Morgan fingerprint density at radius 3 is 2.47 bits per heavy atom. The van der Waals surface area contributed by atoms with Crippen molar-refractivity contribution in [2.24, 2.45) is 0 Å². The van der Waals surface area contributed by atoms with Gasteiger partial charge in [-0.15, -0.1) is 5.10 Å². The number of nitrogens with one attached hydrogen (secondary N) is 2. The summed E-state index contributed by atoms with van der Waals surface area (Å²) in [4.78, 5) is 10.9. The van der Waals surface area contributed by atoms with Crippen molar-refractivity contribution in [1.29, 1.82) is 0 Å². The van der Waals surface area contributed by atoms with Crippen LogP contribution in [0.5, 0.6) is 0 Å². The number of aromatic nitrogens is 6. The Balaban J connectivity index is 1.52. The molecule has 1 aliphatic heterocycles. The van der Waals surface area contributed by atoms with Crippen LogP contribution < -0.4 is 10.6 Å². The maximum absolute atomic E-state index is 14.6. The number of aryl methyl sites for hydroxylation is 1. The van der Waals surface area contributed by atoms with Crippen LogP contribution in [0.25, 0.3) is 5.69 Å². The Morgan fingerprint density at radius 2 is 1.84 bits per heavy atom. The quantitative estimate of drug-likeness (QED) is 0.621. The van der Waals surface area contributed by atoms with E-state index in [0.29, 0.717) is 5.95 Å². The second-order valence-corrected chi connectivity index (χ2v) is 9.70. The van der Waals surface area contributed by atoms with Gasteiger partial charge in [0.25, 0.3) is 0 Å². The van der Waals surface area contributed by atoms with Gasteiger partial charge in [-0.25, -0.2) is 14.1 Å². The predicted octanol–water partition coefficient (Wildman–Crippen LogP) is 3.71. The molecule has 10 heteroatoms. The molecule has 170 valence electrons. The third-order valence-corrected chi connectivity index (χ3v) is 6.44. The predicted molar refractivity (Wildman–Crippen MR) is 122 cm³/mol. The van der Waals surface area contributed by atoms with Crippen LogP contribution in [0.1, 0.15) is 46.1 Å². The number of tetrazole rings is 1. The van der Waals surface area contributed by atoms with Gasteiger partial charge in [-0.2, -0.15) is 4.98 Å². The summed E-state index contributed by atoms with van der Waals surface area (Å²) in [5, 5.41) is 17.8. The Bertz CT molecular complexity index is 1080. The first-order chi connectivity index (χ1) is 15.0. The Labute approximate surface area is 187 Å². The molecule has 1 fully saturated rings. The minimum absolute atomic E-state index is 0.0110. The van der Waals surface area contributed by atoms with Gasteiger partial charge < -0.3 is 10.6 Å². The highest BCUT2D eigenvalue weighted by atomic mass is 19.1. The van der Waals surface area contributed by atoms with Crippen molar-refractivity contribution in [2.45, 2.75) is 64.6 Å². The molecule has 1 aromatic carbocycles. The minimum Gasteiger partial charge on any atom is -0.365 e. The second-order valence-electron chi connectivity index (χ2n) is 9.70. The average Bonchev–Trinajstić information content (AvgIpc) is 3.23.